The minimum absolute atomic E-state index is 0.285. The second kappa shape index (κ2) is 1.77. The number of Topliss-reactive ketones (excluding diaryl/α,β-unsaturated/α-hetero) is 1. The lowest BCUT2D eigenvalue weighted by atomic mass is 9.50. The van der Waals surface area contributed by atoms with E-state index in [2.05, 4.69) is 6.92 Å². The van der Waals surface area contributed by atoms with Crippen molar-refractivity contribution in [2.75, 3.05) is 6.61 Å². The molecule has 2 nitrogen and oxygen atoms in total. The first kappa shape index (κ1) is 7.07. The first-order valence-electron chi connectivity index (χ1n) is 4.85. The highest BCUT2D eigenvalue weighted by molar-refractivity contribution is 5.90. The molecule has 4 rings (SSSR count). The molecule has 2 aliphatic carbocycles. The summed E-state index contributed by atoms with van der Waals surface area (Å²) in [5.74, 6) is 0.944. The van der Waals surface area contributed by atoms with E-state index < -0.39 is 0 Å². The molecule has 0 aromatic rings. The Morgan fingerprint density at radius 3 is 3.08 bits per heavy atom. The Balaban J connectivity index is 2.01. The first-order chi connectivity index (χ1) is 5.67. The topological polar surface area (TPSA) is 26.3 Å². The van der Waals surface area contributed by atoms with E-state index in [0.717, 1.165) is 25.9 Å². The molecule has 0 amide bonds. The molecule has 4 fully saturated rings. The van der Waals surface area contributed by atoms with E-state index in [1.165, 1.54) is 6.42 Å². The van der Waals surface area contributed by atoms with Gasteiger partial charge in [0, 0.05) is 17.8 Å². The van der Waals surface area contributed by atoms with Crippen molar-refractivity contribution in [1.29, 1.82) is 0 Å². The molecule has 2 aliphatic heterocycles. The van der Waals surface area contributed by atoms with E-state index in [1.807, 2.05) is 0 Å². The van der Waals surface area contributed by atoms with Gasteiger partial charge in [-0.25, -0.2) is 0 Å². The van der Waals surface area contributed by atoms with Crippen LogP contribution in [0.25, 0.3) is 0 Å². The molecule has 0 N–H and O–H groups in total. The van der Waals surface area contributed by atoms with Gasteiger partial charge in [0.25, 0.3) is 0 Å². The van der Waals surface area contributed by atoms with Gasteiger partial charge >= 0.3 is 0 Å². The average molecular weight is 166 g/mol. The van der Waals surface area contributed by atoms with Gasteiger partial charge in [0.05, 0.1) is 6.61 Å². The fourth-order valence-corrected chi connectivity index (χ4v) is 3.51. The van der Waals surface area contributed by atoms with E-state index in [1.54, 1.807) is 0 Å². The molecule has 0 aromatic carbocycles. The molecule has 4 aliphatic rings. The first-order valence-corrected chi connectivity index (χ1v) is 4.85. The maximum absolute atomic E-state index is 11.7. The van der Waals surface area contributed by atoms with Crippen molar-refractivity contribution in [3.8, 4) is 0 Å². The number of ketones is 1. The number of fused-ring (bicyclic) bond motifs is 1. The number of ether oxygens (including phenoxy) is 1. The SMILES string of the molecule is C[C@@]12CO[C@]3(C1)C(=O)CCC[C@@H]23. The summed E-state index contributed by atoms with van der Waals surface area (Å²) in [5, 5.41) is 0. The molecule has 12 heavy (non-hydrogen) atoms. The van der Waals surface area contributed by atoms with Gasteiger partial charge in [0.2, 0.25) is 0 Å². The number of hydrogen-bond acceptors (Lipinski definition) is 2. The van der Waals surface area contributed by atoms with Crippen LogP contribution in [0.4, 0.5) is 0 Å². The van der Waals surface area contributed by atoms with Crippen LogP contribution in [-0.2, 0) is 9.53 Å². The van der Waals surface area contributed by atoms with Gasteiger partial charge in [-0.3, -0.25) is 4.79 Å². The third kappa shape index (κ3) is 0.535. The molecule has 2 bridgehead atoms. The van der Waals surface area contributed by atoms with Crippen molar-refractivity contribution in [1.82, 2.24) is 0 Å². The number of hydrogen-bond donors (Lipinski definition) is 0. The van der Waals surface area contributed by atoms with Crippen LogP contribution in [-0.4, -0.2) is 18.0 Å². The largest absolute Gasteiger partial charge is 0.366 e. The summed E-state index contributed by atoms with van der Waals surface area (Å²) in [4.78, 5) is 11.7. The van der Waals surface area contributed by atoms with E-state index in [-0.39, 0.29) is 5.60 Å². The fourth-order valence-electron chi connectivity index (χ4n) is 3.51. The molecule has 0 radical (unpaired) electrons. The van der Waals surface area contributed by atoms with Crippen LogP contribution < -0.4 is 0 Å². The zero-order valence-electron chi connectivity index (χ0n) is 7.43. The molecule has 66 valence electrons. The number of carbonyl (C=O) groups excluding carboxylic acids is 1. The van der Waals surface area contributed by atoms with Crippen LogP contribution in [0.1, 0.15) is 32.6 Å². The molecule has 2 heteroatoms. The van der Waals surface area contributed by atoms with Crippen LogP contribution in [0.15, 0.2) is 0 Å². The summed E-state index contributed by atoms with van der Waals surface area (Å²) < 4.78 is 5.68. The zero-order valence-corrected chi connectivity index (χ0v) is 7.43. The molecular weight excluding hydrogens is 152 g/mol. The van der Waals surface area contributed by atoms with E-state index in [4.69, 9.17) is 4.74 Å². The summed E-state index contributed by atoms with van der Waals surface area (Å²) in [6.07, 6.45) is 4.06. The minimum atomic E-state index is -0.285. The van der Waals surface area contributed by atoms with E-state index >= 15 is 0 Å². The molecule has 3 atom stereocenters. The van der Waals surface area contributed by atoms with Crippen LogP contribution in [0.3, 0.4) is 0 Å². The van der Waals surface area contributed by atoms with E-state index in [0.29, 0.717) is 17.1 Å². The van der Waals surface area contributed by atoms with Crippen molar-refractivity contribution in [3.63, 3.8) is 0 Å². The van der Waals surface area contributed by atoms with Crippen LogP contribution in [0, 0.1) is 11.3 Å². The van der Waals surface area contributed by atoms with Gasteiger partial charge in [0.15, 0.2) is 5.78 Å². The van der Waals surface area contributed by atoms with Gasteiger partial charge in [-0.2, -0.15) is 0 Å². The van der Waals surface area contributed by atoms with Crippen molar-refractivity contribution >= 4 is 5.78 Å². The Morgan fingerprint density at radius 1 is 1.58 bits per heavy atom. The predicted octanol–water partition coefficient (Wildman–Crippen LogP) is 1.53. The lowest BCUT2D eigenvalue weighted by Crippen LogP contribution is -2.60. The number of rotatable bonds is 0. The maximum Gasteiger partial charge on any atom is 0.164 e. The lowest BCUT2D eigenvalue weighted by Gasteiger charge is -2.52. The lowest BCUT2D eigenvalue weighted by molar-refractivity contribution is -0.159. The third-order valence-electron chi connectivity index (χ3n) is 4.10. The molecule has 0 aromatic heterocycles. The zero-order chi connectivity index (χ0) is 8.40. The second-order valence-corrected chi connectivity index (χ2v) is 4.88. The van der Waals surface area contributed by atoms with Crippen molar-refractivity contribution in [2.24, 2.45) is 11.3 Å². The molecule has 2 heterocycles. The van der Waals surface area contributed by atoms with Gasteiger partial charge in [0.1, 0.15) is 5.60 Å². The predicted molar refractivity (Wildman–Crippen MR) is 43.8 cm³/mol. The van der Waals surface area contributed by atoms with Crippen LogP contribution >= 0.6 is 0 Å². The summed E-state index contributed by atoms with van der Waals surface area (Å²) >= 11 is 0. The molecule has 1 spiro atoms. The van der Waals surface area contributed by atoms with Crippen LogP contribution in [0.2, 0.25) is 0 Å². The Hall–Kier alpha value is -0.370. The third-order valence-corrected chi connectivity index (χ3v) is 4.10. The molecule has 2 saturated carbocycles. The Bertz CT molecular complexity index is 261. The van der Waals surface area contributed by atoms with Crippen molar-refractivity contribution in [3.05, 3.63) is 0 Å². The maximum atomic E-state index is 11.7. The van der Waals surface area contributed by atoms with E-state index in [9.17, 15) is 4.79 Å². The second-order valence-electron chi connectivity index (χ2n) is 4.88. The summed E-state index contributed by atoms with van der Waals surface area (Å²) in [6.45, 7) is 3.09. The summed E-state index contributed by atoms with van der Waals surface area (Å²) in [7, 11) is 0. The van der Waals surface area contributed by atoms with Crippen molar-refractivity contribution in [2.45, 2.75) is 38.2 Å². The van der Waals surface area contributed by atoms with Crippen molar-refractivity contribution < 1.29 is 9.53 Å². The highest BCUT2D eigenvalue weighted by Crippen LogP contribution is 2.65. The Kier molecular flexibility index (Phi) is 1.04. The van der Waals surface area contributed by atoms with Gasteiger partial charge in [-0.15, -0.1) is 0 Å². The smallest absolute Gasteiger partial charge is 0.164 e. The van der Waals surface area contributed by atoms with Gasteiger partial charge < -0.3 is 4.74 Å². The fraction of sp³-hybridized carbons (Fsp3) is 0.900. The normalized spacial score (nSPS) is 56.4. The standard InChI is InChI=1S/C10H14O2/c1-9-5-10(12-6-9)7(9)3-2-4-8(10)11/h7H,2-6H2,1H3/t7-,9-,10-/m0/s1. The monoisotopic (exact) mass is 166 g/mol. The Labute approximate surface area is 72.3 Å². The number of carbonyl (C=O) groups is 1. The summed E-state index contributed by atoms with van der Waals surface area (Å²) in [5.41, 5.74) is 0.0725. The molecule has 2 saturated heterocycles. The van der Waals surface area contributed by atoms with Crippen LogP contribution in [0.5, 0.6) is 0 Å². The highest BCUT2D eigenvalue weighted by atomic mass is 16.5. The average Bonchev–Trinajstić information content (AvgIpc) is 2.49. The van der Waals surface area contributed by atoms with Gasteiger partial charge in [-0.05, 0) is 19.3 Å². The summed E-state index contributed by atoms with van der Waals surface area (Å²) in [6, 6.07) is 0. The van der Waals surface area contributed by atoms with Gasteiger partial charge in [-0.1, -0.05) is 6.92 Å². The Morgan fingerprint density at radius 2 is 2.42 bits per heavy atom. The molecular formula is C10H14O2. The minimum Gasteiger partial charge on any atom is -0.366 e. The highest BCUT2D eigenvalue weighted by Gasteiger charge is 2.71. The quantitative estimate of drug-likeness (QED) is 0.545. The molecule has 0 unspecified atom stereocenters.